The lowest BCUT2D eigenvalue weighted by Crippen LogP contribution is -2.36. The fraction of sp³-hybridized carbons (Fsp3) is 0.250. The van der Waals surface area contributed by atoms with Gasteiger partial charge >= 0.3 is 0 Å². The lowest BCUT2D eigenvalue weighted by Gasteiger charge is -2.09. The van der Waals surface area contributed by atoms with Crippen LogP contribution in [0.1, 0.15) is 35.7 Å². The Morgan fingerprint density at radius 1 is 0.963 bits per heavy atom. The molecule has 0 radical (unpaired) electrons. The molecule has 0 fully saturated rings. The van der Waals surface area contributed by atoms with E-state index in [-0.39, 0.29) is 24.6 Å². The van der Waals surface area contributed by atoms with E-state index in [1.165, 1.54) is 18.2 Å². The quantitative estimate of drug-likeness (QED) is 0.667. The third kappa shape index (κ3) is 6.54. The van der Waals surface area contributed by atoms with Crippen LogP contribution in [0.25, 0.3) is 0 Å². The maximum atomic E-state index is 13.5. The molecule has 2 rings (SSSR count). The smallest absolute Gasteiger partial charge is 0.254 e. The Morgan fingerprint density at radius 2 is 1.74 bits per heavy atom. The third-order valence-corrected chi connectivity index (χ3v) is 3.71. The van der Waals surface area contributed by atoms with Gasteiger partial charge in [0.05, 0.1) is 12.1 Å². The Bertz CT molecular complexity index is 824. The Kier molecular flexibility index (Phi) is 7.49. The monoisotopic (exact) mass is 371 g/mol. The Balaban J connectivity index is 1.81. The molecule has 3 amide bonds. The molecule has 0 spiro atoms. The molecule has 2 aromatic carbocycles. The van der Waals surface area contributed by atoms with Crippen LogP contribution in [0.3, 0.4) is 0 Å². The van der Waals surface area contributed by atoms with E-state index in [1.54, 1.807) is 24.3 Å². The number of rotatable bonds is 8. The SMILES string of the molecule is CCCC(=O)Nc1cccc(CNC(=O)CNC(=O)c2ccccc2F)c1. The van der Waals surface area contributed by atoms with E-state index < -0.39 is 17.6 Å². The van der Waals surface area contributed by atoms with Crippen LogP contribution in [0.15, 0.2) is 48.5 Å². The van der Waals surface area contributed by atoms with E-state index in [4.69, 9.17) is 0 Å². The van der Waals surface area contributed by atoms with Crippen LogP contribution < -0.4 is 16.0 Å². The maximum Gasteiger partial charge on any atom is 0.254 e. The second-order valence-electron chi connectivity index (χ2n) is 5.94. The van der Waals surface area contributed by atoms with Crippen LogP contribution in [-0.2, 0) is 16.1 Å². The zero-order valence-electron chi connectivity index (χ0n) is 15.0. The van der Waals surface area contributed by atoms with Crippen molar-refractivity contribution in [2.45, 2.75) is 26.3 Å². The fourth-order valence-corrected chi connectivity index (χ4v) is 2.37. The van der Waals surface area contributed by atoms with Gasteiger partial charge in [0.15, 0.2) is 0 Å². The van der Waals surface area contributed by atoms with Crippen LogP contribution in [0.5, 0.6) is 0 Å². The number of halogens is 1. The van der Waals surface area contributed by atoms with Gasteiger partial charge in [-0.25, -0.2) is 4.39 Å². The van der Waals surface area contributed by atoms with Crippen molar-refractivity contribution >= 4 is 23.4 Å². The summed E-state index contributed by atoms with van der Waals surface area (Å²) in [6.07, 6.45) is 1.21. The molecule has 6 nitrogen and oxygen atoms in total. The van der Waals surface area contributed by atoms with E-state index in [9.17, 15) is 18.8 Å². The summed E-state index contributed by atoms with van der Waals surface area (Å²) in [5.41, 5.74) is 1.35. The van der Waals surface area contributed by atoms with Gasteiger partial charge in [-0.2, -0.15) is 0 Å². The molecule has 3 N–H and O–H groups in total. The molecule has 142 valence electrons. The zero-order chi connectivity index (χ0) is 19.6. The molecular weight excluding hydrogens is 349 g/mol. The molecule has 0 unspecified atom stereocenters. The van der Waals surface area contributed by atoms with Crippen molar-refractivity contribution in [3.8, 4) is 0 Å². The normalized spacial score (nSPS) is 10.1. The summed E-state index contributed by atoms with van der Waals surface area (Å²) in [4.78, 5) is 35.4. The second kappa shape index (κ2) is 10.1. The topological polar surface area (TPSA) is 87.3 Å². The summed E-state index contributed by atoms with van der Waals surface area (Å²) in [7, 11) is 0. The predicted molar refractivity (Wildman–Crippen MR) is 101 cm³/mol. The van der Waals surface area contributed by atoms with Gasteiger partial charge in [0.1, 0.15) is 5.82 Å². The van der Waals surface area contributed by atoms with Crippen molar-refractivity contribution in [2.75, 3.05) is 11.9 Å². The molecule has 0 heterocycles. The van der Waals surface area contributed by atoms with Crippen LogP contribution in [0, 0.1) is 5.82 Å². The second-order valence-corrected chi connectivity index (χ2v) is 5.94. The molecule has 0 aliphatic heterocycles. The van der Waals surface area contributed by atoms with Gasteiger partial charge in [-0.05, 0) is 36.2 Å². The summed E-state index contributed by atoms with van der Waals surface area (Å²) in [5, 5.41) is 7.84. The van der Waals surface area contributed by atoms with Gasteiger partial charge in [-0.3, -0.25) is 14.4 Å². The average Bonchev–Trinajstić information content (AvgIpc) is 2.65. The highest BCUT2D eigenvalue weighted by atomic mass is 19.1. The largest absolute Gasteiger partial charge is 0.350 e. The van der Waals surface area contributed by atoms with Crippen molar-refractivity contribution in [1.82, 2.24) is 10.6 Å². The van der Waals surface area contributed by atoms with Crippen LogP contribution in [0.4, 0.5) is 10.1 Å². The maximum absolute atomic E-state index is 13.5. The number of hydrogen-bond donors (Lipinski definition) is 3. The summed E-state index contributed by atoms with van der Waals surface area (Å²) >= 11 is 0. The standard InChI is InChI=1S/C20H22FN3O3/c1-2-6-18(25)24-15-8-5-7-14(11-15)12-22-19(26)13-23-20(27)16-9-3-4-10-17(16)21/h3-5,7-11H,2,6,12-13H2,1H3,(H,22,26)(H,23,27)(H,24,25). The van der Waals surface area contributed by atoms with E-state index in [0.29, 0.717) is 12.1 Å². The van der Waals surface area contributed by atoms with Gasteiger partial charge in [0.2, 0.25) is 11.8 Å². The number of carbonyl (C=O) groups is 3. The summed E-state index contributed by atoms with van der Waals surface area (Å²) < 4.78 is 13.5. The Hall–Kier alpha value is -3.22. The first-order valence-corrected chi connectivity index (χ1v) is 8.67. The fourth-order valence-electron chi connectivity index (χ4n) is 2.37. The van der Waals surface area contributed by atoms with Crippen LogP contribution in [0.2, 0.25) is 0 Å². The molecular formula is C20H22FN3O3. The van der Waals surface area contributed by atoms with Crippen molar-refractivity contribution in [3.63, 3.8) is 0 Å². The van der Waals surface area contributed by atoms with Crippen LogP contribution >= 0.6 is 0 Å². The van der Waals surface area contributed by atoms with Gasteiger partial charge in [-0.15, -0.1) is 0 Å². The van der Waals surface area contributed by atoms with Gasteiger partial charge < -0.3 is 16.0 Å². The summed E-state index contributed by atoms with van der Waals surface area (Å²) in [6.45, 7) is 1.91. The minimum absolute atomic E-state index is 0.0606. The molecule has 0 atom stereocenters. The number of amides is 3. The molecule has 0 aliphatic carbocycles. The number of carbonyl (C=O) groups excluding carboxylic acids is 3. The lowest BCUT2D eigenvalue weighted by atomic mass is 10.2. The Morgan fingerprint density at radius 3 is 2.48 bits per heavy atom. The first-order valence-electron chi connectivity index (χ1n) is 8.67. The summed E-state index contributed by atoms with van der Waals surface area (Å²) in [6, 6.07) is 12.7. The highest BCUT2D eigenvalue weighted by Crippen LogP contribution is 2.11. The molecule has 7 heteroatoms. The van der Waals surface area contributed by atoms with E-state index in [2.05, 4.69) is 16.0 Å². The average molecular weight is 371 g/mol. The molecule has 0 aliphatic rings. The molecule has 0 aromatic heterocycles. The van der Waals surface area contributed by atoms with Gasteiger partial charge in [0.25, 0.3) is 5.91 Å². The van der Waals surface area contributed by atoms with Crippen molar-refractivity contribution < 1.29 is 18.8 Å². The van der Waals surface area contributed by atoms with E-state index in [1.807, 2.05) is 13.0 Å². The van der Waals surface area contributed by atoms with E-state index in [0.717, 1.165) is 12.0 Å². The number of anilines is 1. The lowest BCUT2D eigenvalue weighted by molar-refractivity contribution is -0.120. The van der Waals surface area contributed by atoms with Gasteiger partial charge in [-0.1, -0.05) is 31.2 Å². The number of benzene rings is 2. The highest BCUT2D eigenvalue weighted by molar-refractivity contribution is 5.96. The molecule has 0 saturated heterocycles. The Labute approximate surface area is 157 Å². The van der Waals surface area contributed by atoms with Crippen molar-refractivity contribution in [2.24, 2.45) is 0 Å². The first kappa shape index (κ1) is 20.1. The minimum Gasteiger partial charge on any atom is -0.350 e. The molecule has 27 heavy (non-hydrogen) atoms. The molecule has 0 bridgehead atoms. The predicted octanol–water partition coefficient (Wildman–Crippen LogP) is 2.61. The molecule has 0 saturated carbocycles. The molecule has 2 aromatic rings. The number of nitrogens with one attached hydrogen (secondary N) is 3. The van der Waals surface area contributed by atoms with Gasteiger partial charge in [0, 0.05) is 18.7 Å². The minimum atomic E-state index is -0.649. The van der Waals surface area contributed by atoms with Crippen molar-refractivity contribution in [3.05, 3.63) is 65.5 Å². The zero-order valence-corrected chi connectivity index (χ0v) is 15.0. The number of hydrogen-bond acceptors (Lipinski definition) is 3. The third-order valence-electron chi connectivity index (χ3n) is 3.71. The van der Waals surface area contributed by atoms with Crippen LogP contribution in [-0.4, -0.2) is 24.3 Å². The summed E-state index contributed by atoms with van der Waals surface area (Å²) in [5.74, 6) is -1.75. The first-order chi connectivity index (χ1) is 13.0. The van der Waals surface area contributed by atoms with E-state index >= 15 is 0 Å². The van der Waals surface area contributed by atoms with Crippen molar-refractivity contribution in [1.29, 1.82) is 0 Å². The highest BCUT2D eigenvalue weighted by Gasteiger charge is 2.12.